The summed E-state index contributed by atoms with van der Waals surface area (Å²) in [5.41, 5.74) is 3.15. The van der Waals surface area contributed by atoms with E-state index in [1.54, 1.807) is 24.5 Å². The summed E-state index contributed by atoms with van der Waals surface area (Å²) in [6.45, 7) is 6.14. The summed E-state index contributed by atoms with van der Waals surface area (Å²) < 4.78 is 1.82. The molecule has 3 heterocycles. The second-order valence-corrected chi connectivity index (χ2v) is 7.78. The van der Waals surface area contributed by atoms with Gasteiger partial charge in [-0.2, -0.15) is 5.10 Å². The van der Waals surface area contributed by atoms with Crippen LogP contribution in [0.2, 0.25) is 0 Å². The molecule has 1 aliphatic heterocycles. The minimum atomic E-state index is -0.299. The van der Waals surface area contributed by atoms with Crippen molar-refractivity contribution in [2.75, 3.05) is 11.9 Å². The first kappa shape index (κ1) is 19.8. The Balaban J connectivity index is 1.34. The number of nitrogens with one attached hydrogen (secondary N) is 1. The molecule has 1 N–H and O–H groups in total. The van der Waals surface area contributed by atoms with Crippen molar-refractivity contribution in [2.24, 2.45) is 0 Å². The van der Waals surface area contributed by atoms with E-state index in [0.29, 0.717) is 23.2 Å². The lowest BCUT2D eigenvalue weighted by molar-refractivity contribution is -0.116. The number of aromatic nitrogens is 3. The van der Waals surface area contributed by atoms with E-state index in [4.69, 9.17) is 0 Å². The van der Waals surface area contributed by atoms with Crippen molar-refractivity contribution in [1.29, 1.82) is 0 Å². The third-order valence-corrected chi connectivity index (χ3v) is 5.12. The predicted molar refractivity (Wildman–Crippen MR) is 112 cm³/mol. The van der Waals surface area contributed by atoms with Gasteiger partial charge in [-0.15, -0.1) is 0 Å². The molecular formula is C22H23N5O3. The van der Waals surface area contributed by atoms with Gasteiger partial charge in [0.15, 0.2) is 5.65 Å². The molecule has 2 aromatic heterocycles. The fourth-order valence-electron chi connectivity index (χ4n) is 3.62. The number of hydrogen-bond acceptors (Lipinski definition) is 5. The number of carbonyl (C=O) groups excluding carboxylic acids is 3. The van der Waals surface area contributed by atoms with Crippen LogP contribution in [0.4, 0.5) is 5.69 Å². The third-order valence-electron chi connectivity index (χ3n) is 5.12. The van der Waals surface area contributed by atoms with Crippen molar-refractivity contribution < 1.29 is 14.4 Å². The highest BCUT2D eigenvalue weighted by atomic mass is 16.2. The van der Waals surface area contributed by atoms with Crippen LogP contribution in [0.1, 0.15) is 59.0 Å². The minimum Gasteiger partial charge on any atom is -0.325 e. The number of rotatable bonds is 6. The number of carbonyl (C=O) groups is 3. The van der Waals surface area contributed by atoms with Crippen LogP contribution in [0.25, 0.3) is 11.0 Å². The van der Waals surface area contributed by atoms with E-state index in [0.717, 1.165) is 16.6 Å². The largest absolute Gasteiger partial charge is 0.325 e. The summed E-state index contributed by atoms with van der Waals surface area (Å²) >= 11 is 0. The smallest absolute Gasteiger partial charge is 0.261 e. The maximum Gasteiger partial charge on any atom is 0.261 e. The first-order valence-electron chi connectivity index (χ1n) is 9.95. The third kappa shape index (κ3) is 3.56. The van der Waals surface area contributed by atoms with Gasteiger partial charge in [0.05, 0.1) is 29.2 Å². The lowest BCUT2D eigenvalue weighted by Gasteiger charge is -2.13. The van der Waals surface area contributed by atoms with Gasteiger partial charge in [0.25, 0.3) is 11.8 Å². The molecule has 1 aliphatic rings. The van der Waals surface area contributed by atoms with Crippen LogP contribution in [0, 0.1) is 6.92 Å². The maximum absolute atomic E-state index is 12.5. The highest BCUT2D eigenvalue weighted by Crippen LogP contribution is 2.24. The average Bonchev–Trinajstić information content (AvgIpc) is 3.22. The van der Waals surface area contributed by atoms with E-state index in [-0.39, 0.29) is 36.7 Å². The molecule has 30 heavy (non-hydrogen) atoms. The van der Waals surface area contributed by atoms with Crippen LogP contribution in [0.3, 0.4) is 0 Å². The minimum absolute atomic E-state index is 0.190. The molecule has 4 rings (SSSR count). The average molecular weight is 405 g/mol. The van der Waals surface area contributed by atoms with E-state index >= 15 is 0 Å². The second-order valence-electron chi connectivity index (χ2n) is 7.78. The van der Waals surface area contributed by atoms with Gasteiger partial charge >= 0.3 is 0 Å². The molecule has 3 aromatic rings. The Kier molecular flexibility index (Phi) is 5.07. The topological polar surface area (TPSA) is 97.2 Å². The van der Waals surface area contributed by atoms with Gasteiger partial charge in [-0.1, -0.05) is 11.6 Å². The summed E-state index contributed by atoms with van der Waals surface area (Å²) in [5.74, 6) is -0.789. The van der Waals surface area contributed by atoms with Gasteiger partial charge in [-0.25, -0.2) is 9.67 Å². The molecule has 8 heteroatoms. The van der Waals surface area contributed by atoms with Crippen molar-refractivity contribution >= 4 is 34.4 Å². The van der Waals surface area contributed by atoms with Crippen molar-refractivity contribution in [2.45, 2.75) is 39.7 Å². The highest BCUT2D eigenvalue weighted by Gasteiger charge is 2.34. The van der Waals surface area contributed by atoms with E-state index < -0.39 is 0 Å². The first-order valence-corrected chi connectivity index (χ1v) is 9.95. The zero-order chi connectivity index (χ0) is 21.4. The van der Waals surface area contributed by atoms with Crippen LogP contribution in [-0.2, 0) is 4.79 Å². The quantitative estimate of drug-likeness (QED) is 0.635. The maximum atomic E-state index is 12.5. The molecule has 0 fully saturated rings. The Labute approximate surface area is 173 Å². The van der Waals surface area contributed by atoms with Crippen molar-refractivity contribution in [3.05, 3.63) is 53.3 Å². The zero-order valence-electron chi connectivity index (χ0n) is 17.2. The highest BCUT2D eigenvalue weighted by molar-refractivity contribution is 6.21. The van der Waals surface area contributed by atoms with Gasteiger partial charge < -0.3 is 5.32 Å². The number of hydrogen-bond donors (Lipinski definition) is 1. The number of amides is 3. The predicted octanol–water partition coefficient (Wildman–Crippen LogP) is 3.34. The Bertz CT molecular complexity index is 1160. The molecule has 0 spiro atoms. The number of aryl methyl sites for hydroxylation is 1. The summed E-state index contributed by atoms with van der Waals surface area (Å²) in [5, 5.41) is 7.99. The number of fused-ring (bicyclic) bond motifs is 2. The van der Waals surface area contributed by atoms with Gasteiger partial charge in [0.1, 0.15) is 0 Å². The first-order chi connectivity index (χ1) is 14.3. The molecule has 3 amide bonds. The van der Waals surface area contributed by atoms with Gasteiger partial charge in [-0.3, -0.25) is 19.3 Å². The van der Waals surface area contributed by atoms with Crippen LogP contribution in [0.5, 0.6) is 0 Å². The number of imide groups is 1. The number of nitrogens with zero attached hydrogens (tertiary/aromatic N) is 4. The van der Waals surface area contributed by atoms with Gasteiger partial charge in [0, 0.05) is 24.4 Å². The molecule has 0 unspecified atom stereocenters. The molecule has 0 aliphatic carbocycles. The molecule has 0 saturated heterocycles. The number of anilines is 1. The number of benzene rings is 1. The van der Waals surface area contributed by atoms with E-state index in [2.05, 4.69) is 15.4 Å². The van der Waals surface area contributed by atoms with Crippen LogP contribution < -0.4 is 5.32 Å². The monoisotopic (exact) mass is 405 g/mol. The van der Waals surface area contributed by atoms with Crippen molar-refractivity contribution in [3.8, 4) is 0 Å². The van der Waals surface area contributed by atoms with Gasteiger partial charge in [-0.05, 0) is 45.4 Å². The molecule has 0 radical (unpaired) electrons. The summed E-state index contributed by atoms with van der Waals surface area (Å²) in [7, 11) is 0. The summed E-state index contributed by atoms with van der Waals surface area (Å²) in [6.07, 6.45) is 3.90. The summed E-state index contributed by atoms with van der Waals surface area (Å²) in [4.78, 5) is 42.9. The zero-order valence-corrected chi connectivity index (χ0v) is 17.2. The Morgan fingerprint density at radius 2 is 1.87 bits per heavy atom. The van der Waals surface area contributed by atoms with Crippen LogP contribution >= 0.6 is 0 Å². The van der Waals surface area contributed by atoms with E-state index in [1.807, 2.05) is 37.6 Å². The second kappa shape index (κ2) is 7.70. The Hall–Kier alpha value is -3.55. The van der Waals surface area contributed by atoms with Crippen LogP contribution in [0.15, 0.2) is 36.7 Å². The van der Waals surface area contributed by atoms with Crippen LogP contribution in [-0.4, -0.2) is 43.9 Å². The molecule has 154 valence electrons. The Morgan fingerprint density at radius 1 is 1.10 bits per heavy atom. The number of pyridine rings is 1. The SMILES string of the molecule is Cc1ccc2c(c1)C(=O)N(CCCC(=O)Nc1cnc3c(cnn3C(C)C)c1)C2=O. The van der Waals surface area contributed by atoms with Gasteiger partial charge in [0.2, 0.25) is 5.91 Å². The fourth-order valence-corrected chi connectivity index (χ4v) is 3.62. The Morgan fingerprint density at radius 3 is 2.63 bits per heavy atom. The van der Waals surface area contributed by atoms with E-state index in [9.17, 15) is 14.4 Å². The molecule has 0 bridgehead atoms. The molecule has 0 atom stereocenters. The van der Waals surface area contributed by atoms with Crippen molar-refractivity contribution in [3.63, 3.8) is 0 Å². The normalized spacial score (nSPS) is 13.4. The molecule has 1 aromatic carbocycles. The lowest BCUT2D eigenvalue weighted by Crippen LogP contribution is -2.31. The molecule has 0 saturated carbocycles. The fraction of sp³-hybridized carbons (Fsp3) is 0.318. The van der Waals surface area contributed by atoms with Crippen molar-refractivity contribution in [1.82, 2.24) is 19.7 Å². The molecule has 8 nitrogen and oxygen atoms in total. The molecular weight excluding hydrogens is 382 g/mol. The van der Waals surface area contributed by atoms with E-state index in [1.165, 1.54) is 4.90 Å². The summed E-state index contributed by atoms with van der Waals surface area (Å²) in [6, 6.07) is 7.26. The lowest BCUT2D eigenvalue weighted by atomic mass is 10.1. The standard InChI is InChI=1S/C22H23N5O3/c1-13(2)27-20-15(11-24-27)10-16(12-23-20)25-19(28)5-4-8-26-21(29)17-7-6-14(3)9-18(17)22(26)30/h6-7,9-13H,4-5,8H2,1-3H3,(H,25,28).